The third-order valence-corrected chi connectivity index (χ3v) is 5.62. The van der Waals surface area contributed by atoms with E-state index in [0.29, 0.717) is 6.04 Å². The summed E-state index contributed by atoms with van der Waals surface area (Å²) in [5, 5.41) is 6.80. The van der Waals surface area contributed by atoms with Crippen LogP contribution in [0.15, 0.2) is 5.38 Å². The molecular formula is C15H24ClNOS. The van der Waals surface area contributed by atoms with Crippen LogP contribution in [0.5, 0.6) is 0 Å². The maximum absolute atomic E-state index is 6.45. The normalized spacial score (nSPS) is 18.7. The molecule has 1 aliphatic rings. The summed E-state index contributed by atoms with van der Waals surface area (Å²) in [6, 6.07) is 0.411. The van der Waals surface area contributed by atoms with Gasteiger partial charge in [-0.2, -0.15) is 0 Å². The lowest BCUT2D eigenvalue weighted by Gasteiger charge is -2.27. The molecule has 2 nitrogen and oxygen atoms in total. The molecule has 0 aliphatic carbocycles. The van der Waals surface area contributed by atoms with Gasteiger partial charge in [0.15, 0.2) is 0 Å². The number of rotatable bonds is 6. The standard InChI is InChI=1S/C15H24ClNOS/c1-3-6-17-13(9-12-4-7-18-8-5-12)15-14(16)11(2)10-19-15/h10,12-13,17H,3-9H2,1-2H3. The first-order valence-corrected chi connectivity index (χ1v) is 8.52. The van der Waals surface area contributed by atoms with Crippen molar-refractivity contribution < 1.29 is 4.74 Å². The van der Waals surface area contributed by atoms with Gasteiger partial charge in [0.2, 0.25) is 0 Å². The van der Waals surface area contributed by atoms with Crippen molar-refractivity contribution >= 4 is 22.9 Å². The van der Waals surface area contributed by atoms with Crippen LogP contribution in [0.3, 0.4) is 0 Å². The van der Waals surface area contributed by atoms with Crippen molar-refractivity contribution in [1.29, 1.82) is 0 Å². The summed E-state index contributed by atoms with van der Waals surface area (Å²) >= 11 is 8.24. The van der Waals surface area contributed by atoms with E-state index in [-0.39, 0.29) is 0 Å². The molecule has 2 rings (SSSR count). The van der Waals surface area contributed by atoms with E-state index in [9.17, 15) is 0 Å². The van der Waals surface area contributed by atoms with Gasteiger partial charge in [-0.05, 0) is 56.0 Å². The van der Waals surface area contributed by atoms with E-state index >= 15 is 0 Å². The fourth-order valence-corrected chi connectivity index (χ4v) is 4.02. The van der Waals surface area contributed by atoms with Gasteiger partial charge in [0.05, 0.1) is 5.02 Å². The highest BCUT2D eigenvalue weighted by molar-refractivity contribution is 7.10. The van der Waals surface area contributed by atoms with Crippen molar-refractivity contribution in [2.45, 2.75) is 45.6 Å². The first kappa shape index (κ1) is 15.3. The second-order valence-electron chi connectivity index (χ2n) is 5.40. The average Bonchev–Trinajstić information content (AvgIpc) is 2.76. The number of hydrogen-bond acceptors (Lipinski definition) is 3. The second kappa shape index (κ2) is 7.63. The van der Waals surface area contributed by atoms with Gasteiger partial charge in [-0.25, -0.2) is 0 Å². The first-order valence-electron chi connectivity index (χ1n) is 7.27. The minimum atomic E-state index is 0.411. The van der Waals surface area contributed by atoms with Crippen molar-refractivity contribution in [3.8, 4) is 0 Å². The maximum Gasteiger partial charge on any atom is 0.0590 e. The van der Waals surface area contributed by atoms with Crippen LogP contribution in [0.25, 0.3) is 0 Å². The zero-order valence-corrected chi connectivity index (χ0v) is 13.4. The molecule has 1 aromatic rings. The van der Waals surface area contributed by atoms with Gasteiger partial charge in [-0.1, -0.05) is 18.5 Å². The average molecular weight is 302 g/mol. The van der Waals surface area contributed by atoms with E-state index in [1.165, 1.54) is 29.7 Å². The maximum atomic E-state index is 6.45. The van der Waals surface area contributed by atoms with Gasteiger partial charge in [0, 0.05) is 24.1 Å². The van der Waals surface area contributed by atoms with Crippen LogP contribution in [0.2, 0.25) is 5.02 Å². The second-order valence-corrected chi connectivity index (χ2v) is 6.68. The fourth-order valence-electron chi connectivity index (χ4n) is 2.60. The summed E-state index contributed by atoms with van der Waals surface area (Å²) < 4.78 is 5.45. The molecule has 0 aromatic carbocycles. The predicted molar refractivity (Wildman–Crippen MR) is 83.3 cm³/mol. The molecule has 0 radical (unpaired) electrons. The summed E-state index contributed by atoms with van der Waals surface area (Å²) in [4.78, 5) is 1.32. The Kier molecular flexibility index (Phi) is 6.14. The molecule has 0 bridgehead atoms. The molecule has 1 aromatic heterocycles. The summed E-state index contributed by atoms with van der Waals surface area (Å²) in [6.07, 6.45) is 4.72. The van der Waals surface area contributed by atoms with Gasteiger partial charge < -0.3 is 10.1 Å². The molecule has 0 amide bonds. The summed E-state index contributed by atoms with van der Waals surface area (Å²) in [6.45, 7) is 7.19. The van der Waals surface area contributed by atoms with Crippen LogP contribution in [0.4, 0.5) is 0 Å². The highest BCUT2D eigenvalue weighted by atomic mass is 35.5. The van der Waals surface area contributed by atoms with Gasteiger partial charge in [0.1, 0.15) is 0 Å². The number of halogens is 1. The Labute approximate surface area is 125 Å². The quantitative estimate of drug-likeness (QED) is 0.831. The Morgan fingerprint density at radius 2 is 2.21 bits per heavy atom. The Morgan fingerprint density at radius 1 is 1.47 bits per heavy atom. The predicted octanol–water partition coefficient (Wildman–Crippen LogP) is 4.57. The lowest BCUT2D eigenvalue weighted by molar-refractivity contribution is 0.0606. The molecule has 19 heavy (non-hydrogen) atoms. The minimum absolute atomic E-state index is 0.411. The summed E-state index contributed by atoms with van der Waals surface area (Å²) in [5.74, 6) is 0.765. The van der Waals surface area contributed by atoms with Crippen molar-refractivity contribution in [1.82, 2.24) is 5.32 Å². The van der Waals surface area contributed by atoms with Gasteiger partial charge >= 0.3 is 0 Å². The number of thiophene rings is 1. The molecule has 4 heteroatoms. The number of ether oxygens (including phenoxy) is 1. The number of nitrogens with one attached hydrogen (secondary N) is 1. The SMILES string of the molecule is CCCNC(CC1CCOCC1)c1scc(C)c1Cl. The zero-order chi connectivity index (χ0) is 13.7. The van der Waals surface area contributed by atoms with Crippen LogP contribution in [0.1, 0.15) is 49.1 Å². The van der Waals surface area contributed by atoms with Gasteiger partial charge in [-0.3, -0.25) is 0 Å². The van der Waals surface area contributed by atoms with E-state index in [2.05, 4.69) is 24.5 Å². The Bertz CT molecular complexity index is 387. The molecule has 1 fully saturated rings. The van der Waals surface area contributed by atoms with Crippen LogP contribution in [0, 0.1) is 12.8 Å². The Morgan fingerprint density at radius 3 is 2.79 bits per heavy atom. The van der Waals surface area contributed by atoms with E-state index in [0.717, 1.165) is 37.1 Å². The zero-order valence-electron chi connectivity index (χ0n) is 11.9. The topological polar surface area (TPSA) is 21.3 Å². The van der Waals surface area contributed by atoms with E-state index < -0.39 is 0 Å². The molecule has 1 unspecified atom stereocenters. The Balaban J connectivity index is 2.04. The smallest absolute Gasteiger partial charge is 0.0590 e. The molecule has 0 saturated carbocycles. The third-order valence-electron chi connectivity index (χ3n) is 3.79. The molecule has 1 atom stereocenters. The molecule has 1 aliphatic heterocycles. The fraction of sp³-hybridized carbons (Fsp3) is 0.733. The van der Waals surface area contributed by atoms with Gasteiger partial charge in [0.25, 0.3) is 0 Å². The van der Waals surface area contributed by atoms with Gasteiger partial charge in [-0.15, -0.1) is 11.3 Å². The van der Waals surface area contributed by atoms with Crippen LogP contribution in [-0.4, -0.2) is 19.8 Å². The van der Waals surface area contributed by atoms with Crippen molar-refractivity contribution in [3.05, 3.63) is 20.8 Å². The lowest BCUT2D eigenvalue weighted by atomic mass is 9.91. The van der Waals surface area contributed by atoms with Crippen LogP contribution < -0.4 is 5.32 Å². The Hall–Kier alpha value is -0.0900. The molecule has 1 N–H and O–H groups in total. The number of aryl methyl sites for hydroxylation is 1. The number of hydrogen-bond donors (Lipinski definition) is 1. The minimum Gasteiger partial charge on any atom is -0.381 e. The molecular weight excluding hydrogens is 278 g/mol. The molecule has 1 saturated heterocycles. The summed E-state index contributed by atoms with van der Waals surface area (Å²) in [7, 11) is 0. The van der Waals surface area contributed by atoms with E-state index in [1.807, 2.05) is 0 Å². The van der Waals surface area contributed by atoms with E-state index in [4.69, 9.17) is 16.3 Å². The molecule has 108 valence electrons. The van der Waals surface area contributed by atoms with Crippen LogP contribution >= 0.6 is 22.9 Å². The van der Waals surface area contributed by atoms with Crippen molar-refractivity contribution in [3.63, 3.8) is 0 Å². The first-order chi connectivity index (χ1) is 9.22. The monoisotopic (exact) mass is 301 g/mol. The lowest BCUT2D eigenvalue weighted by Crippen LogP contribution is -2.26. The largest absolute Gasteiger partial charge is 0.381 e. The third kappa shape index (κ3) is 4.19. The highest BCUT2D eigenvalue weighted by Gasteiger charge is 2.23. The van der Waals surface area contributed by atoms with Crippen LogP contribution in [-0.2, 0) is 4.74 Å². The molecule has 0 spiro atoms. The van der Waals surface area contributed by atoms with Crippen molar-refractivity contribution in [2.24, 2.45) is 5.92 Å². The van der Waals surface area contributed by atoms with E-state index in [1.54, 1.807) is 11.3 Å². The highest BCUT2D eigenvalue weighted by Crippen LogP contribution is 2.36. The molecule has 2 heterocycles. The summed E-state index contributed by atoms with van der Waals surface area (Å²) in [5.41, 5.74) is 1.21. The van der Waals surface area contributed by atoms with Crippen molar-refractivity contribution in [2.75, 3.05) is 19.8 Å².